The molecule has 2 aromatic rings. The molecule has 0 radical (unpaired) electrons. The number of nitrogens with zero attached hydrogens (tertiary/aromatic N) is 1. The molecule has 1 N–H and O–H groups in total. The van der Waals surface area contributed by atoms with Crippen LogP contribution < -0.4 is 10.1 Å². The summed E-state index contributed by atoms with van der Waals surface area (Å²) in [5.41, 5.74) is 2.25. The molecule has 0 unspecified atom stereocenters. The molecule has 0 amide bonds. The van der Waals surface area contributed by atoms with Crippen LogP contribution in [0.1, 0.15) is 24.0 Å². The molecule has 3 rings (SSSR count). The predicted molar refractivity (Wildman–Crippen MR) is 90.8 cm³/mol. The van der Waals surface area contributed by atoms with Crippen molar-refractivity contribution in [3.05, 3.63) is 50.5 Å². The van der Waals surface area contributed by atoms with Crippen molar-refractivity contribution in [2.24, 2.45) is 0 Å². The maximum absolute atomic E-state index is 5.98. The summed E-state index contributed by atoms with van der Waals surface area (Å²) >= 11 is 7.01. The molecular formula is C16H16Br2N2O. The number of benzene rings is 1. The third-order valence-corrected chi connectivity index (χ3v) is 4.40. The summed E-state index contributed by atoms with van der Waals surface area (Å²) in [6.07, 6.45) is 4.29. The first-order valence-electron chi connectivity index (χ1n) is 6.93. The van der Waals surface area contributed by atoms with Crippen LogP contribution in [0, 0.1) is 6.92 Å². The Hall–Kier alpha value is -0.910. The Morgan fingerprint density at radius 3 is 2.81 bits per heavy atom. The molecule has 0 spiro atoms. The quantitative estimate of drug-likeness (QED) is 0.754. The molecule has 1 aromatic carbocycles. The average Bonchev–Trinajstić information content (AvgIpc) is 3.26. The summed E-state index contributed by atoms with van der Waals surface area (Å²) in [5.74, 6) is 1.43. The maximum atomic E-state index is 5.98. The Balaban J connectivity index is 1.82. The lowest BCUT2D eigenvalue weighted by atomic mass is 10.2. The third-order valence-electron chi connectivity index (χ3n) is 3.34. The highest BCUT2D eigenvalue weighted by atomic mass is 79.9. The van der Waals surface area contributed by atoms with E-state index in [-0.39, 0.29) is 0 Å². The number of aromatic nitrogens is 1. The highest BCUT2D eigenvalue weighted by Crippen LogP contribution is 2.32. The van der Waals surface area contributed by atoms with E-state index in [9.17, 15) is 0 Å². The Bertz CT molecular complexity index is 657. The van der Waals surface area contributed by atoms with Gasteiger partial charge in [-0.15, -0.1) is 0 Å². The second-order valence-corrected chi connectivity index (χ2v) is 7.08. The smallest absolute Gasteiger partial charge is 0.223 e. The number of hydrogen-bond donors (Lipinski definition) is 1. The van der Waals surface area contributed by atoms with Crippen LogP contribution in [0.5, 0.6) is 11.6 Å². The zero-order chi connectivity index (χ0) is 14.8. The Labute approximate surface area is 141 Å². The van der Waals surface area contributed by atoms with Gasteiger partial charge in [-0.05, 0) is 75.4 Å². The number of rotatable bonds is 5. The van der Waals surface area contributed by atoms with Gasteiger partial charge >= 0.3 is 0 Å². The number of halogens is 2. The molecule has 1 aromatic heterocycles. The summed E-state index contributed by atoms with van der Waals surface area (Å²) in [4.78, 5) is 4.41. The lowest BCUT2D eigenvalue weighted by Gasteiger charge is -2.12. The first kappa shape index (κ1) is 15.0. The summed E-state index contributed by atoms with van der Waals surface area (Å²) in [7, 11) is 0. The normalized spacial score (nSPS) is 14.2. The van der Waals surface area contributed by atoms with Crippen LogP contribution in [-0.2, 0) is 6.54 Å². The lowest BCUT2D eigenvalue weighted by molar-refractivity contribution is 0.449. The van der Waals surface area contributed by atoms with Gasteiger partial charge in [0.05, 0.1) is 4.47 Å². The van der Waals surface area contributed by atoms with Gasteiger partial charge in [0, 0.05) is 28.8 Å². The summed E-state index contributed by atoms with van der Waals surface area (Å²) in [6, 6.07) is 8.74. The van der Waals surface area contributed by atoms with Crippen molar-refractivity contribution in [3.8, 4) is 11.6 Å². The first-order chi connectivity index (χ1) is 10.1. The fourth-order valence-corrected chi connectivity index (χ4v) is 2.97. The standard InChI is InChI=1S/C16H16Br2N2O/c1-10-2-5-15(14(18)6-10)21-16-11(7-12(17)9-20-16)8-19-13-3-4-13/h2,5-7,9,13,19H,3-4,8H2,1H3. The molecule has 0 saturated heterocycles. The van der Waals surface area contributed by atoms with Crippen LogP contribution >= 0.6 is 31.9 Å². The van der Waals surface area contributed by atoms with E-state index in [1.54, 1.807) is 6.20 Å². The van der Waals surface area contributed by atoms with E-state index in [4.69, 9.17) is 4.74 Å². The number of aryl methyl sites for hydroxylation is 1. The van der Waals surface area contributed by atoms with E-state index in [1.807, 2.05) is 18.2 Å². The summed E-state index contributed by atoms with van der Waals surface area (Å²) in [5, 5.41) is 3.50. The number of pyridine rings is 1. The largest absolute Gasteiger partial charge is 0.438 e. The minimum absolute atomic E-state index is 0.649. The molecule has 0 bridgehead atoms. The Morgan fingerprint density at radius 1 is 1.29 bits per heavy atom. The molecule has 1 aliphatic rings. The van der Waals surface area contributed by atoms with Crippen molar-refractivity contribution in [1.82, 2.24) is 10.3 Å². The highest BCUT2D eigenvalue weighted by Gasteiger charge is 2.21. The van der Waals surface area contributed by atoms with Gasteiger partial charge < -0.3 is 10.1 Å². The molecule has 5 heteroatoms. The van der Waals surface area contributed by atoms with Crippen molar-refractivity contribution in [2.45, 2.75) is 32.4 Å². The number of nitrogens with one attached hydrogen (secondary N) is 1. The van der Waals surface area contributed by atoms with Gasteiger partial charge in [0.15, 0.2) is 0 Å². The number of ether oxygens (including phenoxy) is 1. The van der Waals surface area contributed by atoms with E-state index in [1.165, 1.54) is 18.4 Å². The molecule has 0 atom stereocenters. The molecule has 0 aliphatic heterocycles. The van der Waals surface area contributed by atoms with Crippen molar-refractivity contribution in [3.63, 3.8) is 0 Å². The molecule has 3 nitrogen and oxygen atoms in total. The first-order valence-corrected chi connectivity index (χ1v) is 8.52. The van der Waals surface area contributed by atoms with Crippen LogP contribution in [0.3, 0.4) is 0 Å². The van der Waals surface area contributed by atoms with Crippen molar-refractivity contribution in [1.29, 1.82) is 0 Å². The summed E-state index contributed by atoms with van der Waals surface area (Å²) < 4.78 is 7.89. The molecule has 110 valence electrons. The Morgan fingerprint density at radius 2 is 2.10 bits per heavy atom. The van der Waals surface area contributed by atoms with Gasteiger partial charge in [-0.25, -0.2) is 4.98 Å². The highest BCUT2D eigenvalue weighted by molar-refractivity contribution is 9.10. The van der Waals surface area contributed by atoms with Gasteiger partial charge in [-0.2, -0.15) is 0 Å². The molecule has 1 saturated carbocycles. The van der Waals surface area contributed by atoms with Gasteiger partial charge in [0.1, 0.15) is 5.75 Å². The van der Waals surface area contributed by atoms with Gasteiger partial charge in [-0.3, -0.25) is 0 Å². The SMILES string of the molecule is Cc1ccc(Oc2ncc(Br)cc2CNC2CC2)c(Br)c1. The van der Waals surface area contributed by atoms with Gasteiger partial charge in [0.2, 0.25) is 5.88 Å². The lowest BCUT2D eigenvalue weighted by Crippen LogP contribution is -2.16. The second kappa shape index (κ2) is 6.46. The van der Waals surface area contributed by atoms with Crippen LogP contribution in [0.2, 0.25) is 0 Å². The topological polar surface area (TPSA) is 34.1 Å². The predicted octanol–water partition coefficient (Wildman–Crippen LogP) is 4.96. The monoisotopic (exact) mass is 410 g/mol. The van der Waals surface area contributed by atoms with E-state index >= 15 is 0 Å². The van der Waals surface area contributed by atoms with Gasteiger partial charge in [0.25, 0.3) is 0 Å². The zero-order valence-corrected chi connectivity index (χ0v) is 14.9. The van der Waals surface area contributed by atoms with Crippen molar-refractivity contribution < 1.29 is 4.74 Å². The van der Waals surface area contributed by atoms with Crippen molar-refractivity contribution >= 4 is 31.9 Å². The van der Waals surface area contributed by atoms with E-state index in [2.05, 4.69) is 55.2 Å². The zero-order valence-electron chi connectivity index (χ0n) is 11.7. The van der Waals surface area contributed by atoms with Gasteiger partial charge in [-0.1, -0.05) is 6.07 Å². The van der Waals surface area contributed by atoms with Crippen molar-refractivity contribution in [2.75, 3.05) is 0 Å². The number of hydrogen-bond acceptors (Lipinski definition) is 3. The van der Waals surface area contributed by atoms with E-state index in [0.29, 0.717) is 11.9 Å². The van der Waals surface area contributed by atoms with E-state index < -0.39 is 0 Å². The fraction of sp³-hybridized carbons (Fsp3) is 0.312. The maximum Gasteiger partial charge on any atom is 0.223 e. The molecule has 21 heavy (non-hydrogen) atoms. The van der Waals surface area contributed by atoms with Crippen LogP contribution in [-0.4, -0.2) is 11.0 Å². The minimum atomic E-state index is 0.649. The van der Waals surface area contributed by atoms with E-state index in [0.717, 1.165) is 26.8 Å². The third kappa shape index (κ3) is 4.05. The molecular weight excluding hydrogens is 396 g/mol. The van der Waals surface area contributed by atoms with Crippen LogP contribution in [0.25, 0.3) is 0 Å². The molecule has 1 aliphatic carbocycles. The van der Waals surface area contributed by atoms with Crippen LogP contribution in [0.15, 0.2) is 39.4 Å². The van der Waals surface area contributed by atoms with Crippen LogP contribution in [0.4, 0.5) is 0 Å². The second-order valence-electron chi connectivity index (χ2n) is 5.31. The molecule has 1 heterocycles. The minimum Gasteiger partial charge on any atom is -0.438 e. The fourth-order valence-electron chi connectivity index (χ4n) is 2.02. The molecule has 1 fully saturated rings. The summed E-state index contributed by atoms with van der Waals surface area (Å²) in [6.45, 7) is 2.83. The average molecular weight is 412 g/mol. The Kier molecular flexibility index (Phi) is 4.62.